The fourth-order valence-corrected chi connectivity index (χ4v) is 1.73. The number of amidine groups is 1. The number of carbonyl (C=O) groups excluding carboxylic acids is 1. The van der Waals surface area contributed by atoms with Crippen molar-refractivity contribution in [2.24, 2.45) is 10.8 Å². The molecule has 0 aliphatic carbocycles. The maximum absolute atomic E-state index is 11.5. The molecule has 0 fully saturated rings. The Morgan fingerprint density at radius 2 is 2.27 bits per heavy atom. The topological polar surface area (TPSA) is 58.7 Å². The minimum absolute atomic E-state index is 0.0942. The summed E-state index contributed by atoms with van der Waals surface area (Å²) < 4.78 is 0.952. The third-order valence-electron chi connectivity index (χ3n) is 2.20. The minimum atomic E-state index is -0.0942. The van der Waals surface area contributed by atoms with Crippen molar-refractivity contribution in [3.8, 4) is 0 Å². The largest absolute Gasteiger partial charge is 0.385 e. The highest BCUT2D eigenvalue weighted by Crippen LogP contribution is 2.25. The molecule has 0 radical (unpaired) electrons. The van der Waals surface area contributed by atoms with Crippen molar-refractivity contribution in [3.05, 3.63) is 28.2 Å². The summed E-state index contributed by atoms with van der Waals surface area (Å²) in [5.41, 5.74) is 7.34. The van der Waals surface area contributed by atoms with Crippen LogP contribution in [-0.4, -0.2) is 11.7 Å². The molecular weight excluding hydrogens is 258 g/mol. The molecule has 1 aromatic rings. The van der Waals surface area contributed by atoms with Crippen molar-refractivity contribution >= 4 is 33.4 Å². The normalized spacial score (nSPS) is 15.7. The van der Waals surface area contributed by atoms with Crippen LogP contribution in [0.1, 0.15) is 12.0 Å². The van der Waals surface area contributed by atoms with Crippen LogP contribution in [0.5, 0.6) is 0 Å². The number of hydrogen-bond acceptors (Lipinski definition) is 3. The van der Waals surface area contributed by atoms with Crippen LogP contribution in [0.2, 0.25) is 0 Å². The molecule has 0 atom stereocenters. The molecule has 5 heteroatoms. The van der Waals surface area contributed by atoms with Gasteiger partial charge < -0.3 is 5.73 Å². The molecule has 1 heterocycles. The van der Waals surface area contributed by atoms with Gasteiger partial charge in [0.25, 0.3) is 5.91 Å². The van der Waals surface area contributed by atoms with Crippen LogP contribution < -0.4 is 10.7 Å². The smallest absolute Gasteiger partial charge is 0.255 e. The van der Waals surface area contributed by atoms with E-state index in [1.54, 1.807) is 0 Å². The quantitative estimate of drug-likeness (QED) is 0.843. The third-order valence-corrected chi connectivity index (χ3v) is 3.05. The molecule has 0 spiro atoms. The van der Waals surface area contributed by atoms with Gasteiger partial charge in [-0.3, -0.25) is 4.79 Å². The summed E-state index contributed by atoms with van der Waals surface area (Å²) in [5, 5.41) is 5.30. The summed E-state index contributed by atoms with van der Waals surface area (Å²) in [7, 11) is 0. The van der Waals surface area contributed by atoms with E-state index in [1.807, 2.05) is 25.1 Å². The number of hydrogen-bond donors (Lipinski definition) is 1. The molecule has 1 aliphatic rings. The first-order chi connectivity index (χ1) is 7.08. The van der Waals surface area contributed by atoms with E-state index in [-0.39, 0.29) is 12.3 Å². The highest BCUT2D eigenvalue weighted by Gasteiger charge is 2.23. The van der Waals surface area contributed by atoms with Gasteiger partial charge in [-0.2, -0.15) is 10.1 Å². The first-order valence-corrected chi connectivity index (χ1v) is 5.29. The van der Waals surface area contributed by atoms with Gasteiger partial charge in [0.2, 0.25) is 0 Å². The number of amides is 1. The SMILES string of the molecule is Cc1ccc(N2N=C(N)CC2=O)cc1Br. The number of halogens is 1. The number of nitrogens with two attached hydrogens (primary N) is 1. The average molecular weight is 268 g/mol. The number of nitrogens with zero attached hydrogens (tertiary/aromatic N) is 2. The lowest BCUT2D eigenvalue weighted by Crippen LogP contribution is -2.19. The van der Waals surface area contributed by atoms with Crippen molar-refractivity contribution in [1.29, 1.82) is 0 Å². The highest BCUT2D eigenvalue weighted by molar-refractivity contribution is 9.10. The highest BCUT2D eigenvalue weighted by atomic mass is 79.9. The Kier molecular flexibility index (Phi) is 2.48. The zero-order chi connectivity index (χ0) is 11.0. The lowest BCUT2D eigenvalue weighted by Gasteiger charge is -2.12. The van der Waals surface area contributed by atoms with Crippen LogP contribution >= 0.6 is 15.9 Å². The molecule has 0 unspecified atom stereocenters. The second kappa shape index (κ2) is 3.66. The molecule has 4 nitrogen and oxygen atoms in total. The van der Waals surface area contributed by atoms with Gasteiger partial charge in [0.15, 0.2) is 0 Å². The van der Waals surface area contributed by atoms with Gasteiger partial charge >= 0.3 is 0 Å². The van der Waals surface area contributed by atoms with Crippen molar-refractivity contribution in [1.82, 2.24) is 0 Å². The second-order valence-electron chi connectivity index (χ2n) is 3.41. The van der Waals surface area contributed by atoms with Gasteiger partial charge in [0.1, 0.15) is 5.84 Å². The lowest BCUT2D eigenvalue weighted by atomic mass is 10.2. The second-order valence-corrected chi connectivity index (χ2v) is 4.26. The van der Waals surface area contributed by atoms with E-state index in [1.165, 1.54) is 5.01 Å². The van der Waals surface area contributed by atoms with Crippen LogP contribution in [0, 0.1) is 6.92 Å². The number of carbonyl (C=O) groups is 1. The Bertz CT molecular complexity index is 456. The molecule has 0 bridgehead atoms. The number of anilines is 1. The summed E-state index contributed by atoms with van der Waals surface area (Å²) in [6.45, 7) is 1.98. The van der Waals surface area contributed by atoms with E-state index in [2.05, 4.69) is 21.0 Å². The number of aryl methyl sites for hydroxylation is 1. The molecule has 2 N–H and O–H groups in total. The Labute approximate surface area is 95.9 Å². The van der Waals surface area contributed by atoms with E-state index in [9.17, 15) is 4.79 Å². The maximum Gasteiger partial charge on any atom is 0.255 e. The van der Waals surface area contributed by atoms with Crippen molar-refractivity contribution in [2.45, 2.75) is 13.3 Å². The van der Waals surface area contributed by atoms with E-state index < -0.39 is 0 Å². The standard InChI is InChI=1S/C10H10BrN3O/c1-6-2-3-7(4-8(6)11)14-10(15)5-9(12)13-14/h2-4H,5H2,1H3,(H2,12,13). The van der Waals surface area contributed by atoms with E-state index in [4.69, 9.17) is 5.73 Å². The number of benzene rings is 1. The van der Waals surface area contributed by atoms with Crippen LogP contribution in [0.25, 0.3) is 0 Å². The number of hydrazone groups is 1. The molecule has 1 amide bonds. The molecule has 2 rings (SSSR count). The van der Waals surface area contributed by atoms with Gasteiger partial charge in [-0.25, -0.2) is 0 Å². The van der Waals surface area contributed by atoms with Crippen molar-refractivity contribution < 1.29 is 4.79 Å². The summed E-state index contributed by atoms with van der Waals surface area (Å²) in [4.78, 5) is 11.5. The Balaban J connectivity index is 2.38. The Morgan fingerprint density at radius 3 is 2.80 bits per heavy atom. The Morgan fingerprint density at radius 1 is 1.53 bits per heavy atom. The lowest BCUT2D eigenvalue weighted by molar-refractivity contribution is -0.116. The van der Waals surface area contributed by atoms with E-state index in [0.29, 0.717) is 5.84 Å². The van der Waals surface area contributed by atoms with Crippen molar-refractivity contribution in [3.63, 3.8) is 0 Å². The van der Waals surface area contributed by atoms with Crippen molar-refractivity contribution in [2.75, 3.05) is 5.01 Å². The summed E-state index contributed by atoms with van der Waals surface area (Å²) in [6, 6.07) is 5.63. The van der Waals surface area contributed by atoms with Gasteiger partial charge in [-0.05, 0) is 24.6 Å². The van der Waals surface area contributed by atoms with E-state index >= 15 is 0 Å². The number of rotatable bonds is 1. The Hall–Kier alpha value is -1.36. The summed E-state index contributed by atoms with van der Waals surface area (Å²) in [5.74, 6) is 0.264. The monoisotopic (exact) mass is 267 g/mol. The summed E-state index contributed by atoms with van der Waals surface area (Å²) in [6.07, 6.45) is 0.200. The van der Waals surface area contributed by atoms with Crippen LogP contribution in [0.4, 0.5) is 5.69 Å². The van der Waals surface area contributed by atoms with Crippen LogP contribution in [-0.2, 0) is 4.79 Å². The van der Waals surface area contributed by atoms with Gasteiger partial charge in [-0.15, -0.1) is 0 Å². The van der Waals surface area contributed by atoms with E-state index in [0.717, 1.165) is 15.7 Å². The fourth-order valence-electron chi connectivity index (χ4n) is 1.36. The summed E-state index contributed by atoms with van der Waals surface area (Å²) >= 11 is 3.41. The molecule has 0 aromatic heterocycles. The third kappa shape index (κ3) is 1.87. The predicted octanol–water partition coefficient (Wildman–Crippen LogP) is 1.77. The maximum atomic E-state index is 11.5. The first kappa shape index (κ1) is 10.2. The van der Waals surface area contributed by atoms with Crippen LogP contribution in [0.15, 0.2) is 27.8 Å². The molecule has 0 saturated carbocycles. The average Bonchev–Trinajstić information content (AvgIpc) is 2.50. The van der Waals surface area contributed by atoms with Crippen LogP contribution in [0.3, 0.4) is 0 Å². The zero-order valence-corrected chi connectivity index (χ0v) is 9.78. The predicted molar refractivity (Wildman–Crippen MR) is 62.6 cm³/mol. The molecule has 78 valence electrons. The van der Waals surface area contributed by atoms with Gasteiger partial charge in [-0.1, -0.05) is 22.0 Å². The molecular formula is C10H10BrN3O. The minimum Gasteiger partial charge on any atom is -0.385 e. The first-order valence-electron chi connectivity index (χ1n) is 4.50. The molecule has 1 aliphatic heterocycles. The molecule has 15 heavy (non-hydrogen) atoms. The van der Waals surface area contributed by atoms with Gasteiger partial charge in [0, 0.05) is 4.47 Å². The molecule has 0 saturated heterocycles. The zero-order valence-electron chi connectivity index (χ0n) is 8.20. The fraction of sp³-hybridized carbons (Fsp3) is 0.200. The van der Waals surface area contributed by atoms with Gasteiger partial charge in [0.05, 0.1) is 12.1 Å². The molecule has 1 aromatic carbocycles.